The first-order valence-corrected chi connectivity index (χ1v) is 11.3. The van der Waals surface area contributed by atoms with E-state index in [9.17, 15) is 9.59 Å². The van der Waals surface area contributed by atoms with E-state index in [4.69, 9.17) is 4.74 Å². The van der Waals surface area contributed by atoms with Gasteiger partial charge in [-0.2, -0.15) is 0 Å². The first-order chi connectivity index (χ1) is 15.7. The molecule has 0 spiro atoms. The van der Waals surface area contributed by atoms with Gasteiger partial charge in [-0.05, 0) is 34.6 Å². The zero-order chi connectivity index (χ0) is 24.1. The fourth-order valence-electron chi connectivity index (χ4n) is 3.99. The van der Waals surface area contributed by atoms with Crippen molar-refractivity contribution >= 4 is 11.9 Å². The summed E-state index contributed by atoms with van der Waals surface area (Å²) in [6, 6.07) is 26.6. The van der Waals surface area contributed by atoms with Gasteiger partial charge in [0, 0.05) is 6.42 Å². The average Bonchev–Trinajstić information content (AvgIpc) is 2.83. The van der Waals surface area contributed by atoms with Crippen LogP contribution in [-0.4, -0.2) is 25.0 Å². The summed E-state index contributed by atoms with van der Waals surface area (Å²) in [6.45, 7) is 8.37. The highest BCUT2D eigenvalue weighted by Gasteiger charge is 2.39. The lowest BCUT2D eigenvalue weighted by Gasteiger charge is -2.31. The van der Waals surface area contributed by atoms with Gasteiger partial charge in [-0.25, -0.2) is 4.79 Å². The molecule has 1 N–H and O–H groups in total. The molecule has 0 radical (unpaired) electrons. The van der Waals surface area contributed by atoms with E-state index < -0.39 is 17.4 Å². The van der Waals surface area contributed by atoms with Crippen molar-refractivity contribution < 1.29 is 14.3 Å². The zero-order valence-electron chi connectivity index (χ0n) is 20.1. The summed E-state index contributed by atoms with van der Waals surface area (Å²) < 4.78 is 5.03. The van der Waals surface area contributed by atoms with Crippen LogP contribution in [-0.2, 0) is 31.6 Å². The molecule has 4 heteroatoms. The van der Waals surface area contributed by atoms with Gasteiger partial charge in [-0.1, -0.05) is 106 Å². The van der Waals surface area contributed by atoms with Crippen LogP contribution in [0.5, 0.6) is 0 Å². The van der Waals surface area contributed by atoms with Crippen molar-refractivity contribution in [2.75, 3.05) is 7.11 Å². The van der Waals surface area contributed by atoms with Crippen molar-refractivity contribution in [2.45, 2.75) is 51.0 Å². The van der Waals surface area contributed by atoms with Gasteiger partial charge >= 0.3 is 5.97 Å². The number of nitrogens with one attached hydrogen (secondary N) is 1. The molecule has 4 nitrogen and oxygen atoms in total. The maximum atomic E-state index is 13.8. The number of carbonyl (C=O) groups is 2. The molecule has 3 aromatic rings. The number of benzene rings is 3. The Morgan fingerprint density at radius 2 is 1.24 bits per heavy atom. The zero-order valence-corrected chi connectivity index (χ0v) is 20.1. The minimum absolute atomic E-state index is 0.0433. The Kier molecular flexibility index (Phi) is 7.37. The van der Waals surface area contributed by atoms with Crippen LogP contribution in [0, 0.1) is 0 Å². The summed E-state index contributed by atoms with van der Waals surface area (Å²) in [4.78, 5) is 26.4. The molecular formula is C29H33NO3. The third-order valence-electron chi connectivity index (χ3n) is 6.21. The molecule has 0 aliphatic rings. The lowest BCUT2D eigenvalue weighted by Crippen LogP contribution is -2.51. The fourth-order valence-corrected chi connectivity index (χ4v) is 3.99. The molecule has 0 saturated heterocycles. The first-order valence-electron chi connectivity index (χ1n) is 11.3. The van der Waals surface area contributed by atoms with E-state index in [0.29, 0.717) is 6.42 Å². The van der Waals surface area contributed by atoms with Gasteiger partial charge in [0.2, 0.25) is 5.91 Å². The van der Waals surface area contributed by atoms with E-state index >= 15 is 0 Å². The number of amides is 1. The van der Waals surface area contributed by atoms with Crippen LogP contribution in [0.1, 0.15) is 49.9 Å². The van der Waals surface area contributed by atoms with Crippen molar-refractivity contribution in [3.05, 3.63) is 107 Å². The van der Waals surface area contributed by atoms with E-state index in [1.807, 2.05) is 79.7 Å². The molecule has 0 unspecified atom stereocenters. The van der Waals surface area contributed by atoms with Gasteiger partial charge in [-0.3, -0.25) is 4.79 Å². The molecule has 0 heterocycles. The van der Waals surface area contributed by atoms with Crippen LogP contribution < -0.4 is 5.32 Å². The lowest BCUT2D eigenvalue weighted by atomic mass is 9.75. The fraction of sp³-hybridized carbons (Fsp3) is 0.310. The highest BCUT2D eigenvalue weighted by molar-refractivity contribution is 5.94. The van der Waals surface area contributed by atoms with Gasteiger partial charge in [0.25, 0.3) is 0 Å². The second-order valence-electron chi connectivity index (χ2n) is 9.56. The molecule has 0 bridgehead atoms. The van der Waals surface area contributed by atoms with Crippen LogP contribution in [0.4, 0.5) is 0 Å². The monoisotopic (exact) mass is 443 g/mol. The number of ether oxygens (including phenoxy) is 1. The second kappa shape index (κ2) is 10.0. The number of rotatable bonds is 7. The van der Waals surface area contributed by atoms with Crippen LogP contribution in [0.2, 0.25) is 0 Å². The molecule has 0 aromatic heterocycles. The van der Waals surface area contributed by atoms with E-state index in [1.165, 1.54) is 12.7 Å². The number of methoxy groups -OCH3 is 1. The molecule has 1 atom stereocenters. The normalized spacial score (nSPS) is 12.6. The number of hydrogen-bond donors (Lipinski definition) is 1. The van der Waals surface area contributed by atoms with Crippen molar-refractivity contribution in [2.24, 2.45) is 0 Å². The van der Waals surface area contributed by atoms with E-state index in [0.717, 1.165) is 16.7 Å². The highest BCUT2D eigenvalue weighted by Crippen LogP contribution is 2.32. The van der Waals surface area contributed by atoms with Crippen LogP contribution in [0.3, 0.4) is 0 Å². The maximum Gasteiger partial charge on any atom is 0.328 e. The Bertz CT molecular complexity index is 1030. The molecule has 0 fully saturated rings. The Morgan fingerprint density at radius 3 is 1.67 bits per heavy atom. The third kappa shape index (κ3) is 5.51. The van der Waals surface area contributed by atoms with Crippen molar-refractivity contribution in [1.82, 2.24) is 5.32 Å². The van der Waals surface area contributed by atoms with Gasteiger partial charge in [0.15, 0.2) is 0 Å². The summed E-state index contributed by atoms with van der Waals surface area (Å²) in [5, 5.41) is 2.99. The van der Waals surface area contributed by atoms with Gasteiger partial charge in [-0.15, -0.1) is 0 Å². The molecule has 0 aliphatic carbocycles. The predicted molar refractivity (Wildman–Crippen MR) is 132 cm³/mol. The number of esters is 1. The first kappa shape index (κ1) is 24.2. The third-order valence-corrected chi connectivity index (χ3v) is 6.21. The Morgan fingerprint density at radius 1 is 0.758 bits per heavy atom. The topological polar surface area (TPSA) is 55.4 Å². The maximum absolute atomic E-state index is 13.8. The molecule has 1 amide bonds. The van der Waals surface area contributed by atoms with E-state index in [2.05, 4.69) is 38.2 Å². The van der Waals surface area contributed by atoms with Gasteiger partial charge < -0.3 is 10.1 Å². The minimum atomic E-state index is -0.967. The van der Waals surface area contributed by atoms with Crippen LogP contribution >= 0.6 is 0 Å². The quantitative estimate of drug-likeness (QED) is 0.511. The van der Waals surface area contributed by atoms with Gasteiger partial charge in [0.05, 0.1) is 12.5 Å². The summed E-state index contributed by atoms with van der Waals surface area (Å²) in [5.74, 6) is -0.715. The Labute approximate surface area is 197 Å². The molecule has 172 valence electrons. The summed E-state index contributed by atoms with van der Waals surface area (Å²) in [5.41, 5.74) is 2.95. The molecule has 0 aliphatic heterocycles. The molecule has 3 rings (SSSR count). The van der Waals surface area contributed by atoms with Crippen LogP contribution in [0.15, 0.2) is 84.9 Å². The van der Waals surface area contributed by atoms with Crippen molar-refractivity contribution in [3.63, 3.8) is 0 Å². The van der Waals surface area contributed by atoms with E-state index in [1.54, 1.807) is 0 Å². The van der Waals surface area contributed by atoms with Crippen molar-refractivity contribution in [3.8, 4) is 0 Å². The van der Waals surface area contributed by atoms with E-state index in [-0.39, 0.29) is 11.3 Å². The number of carbonyl (C=O) groups excluding carboxylic acids is 2. The van der Waals surface area contributed by atoms with Gasteiger partial charge in [0.1, 0.15) is 6.04 Å². The lowest BCUT2D eigenvalue weighted by molar-refractivity contribution is -0.145. The Balaban J connectivity index is 1.91. The largest absolute Gasteiger partial charge is 0.467 e. The smallest absolute Gasteiger partial charge is 0.328 e. The molecule has 3 aromatic carbocycles. The average molecular weight is 444 g/mol. The predicted octanol–water partition coefficient (Wildman–Crippen LogP) is 5.19. The standard InChI is InChI=1S/C29H33NO3/c1-28(2,3)22-18-16-21(17-19-22)20-25(26(31)33-5)30-27(32)29(4,23-12-8-6-9-13-23)24-14-10-7-11-15-24/h6-19,25H,20H2,1-5H3,(H,30,32)/t25-/m0/s1. The second-order valence-corrected chi connectivity index (χ2v) is 9.56. The molecule has 0 saturated carbocycles. The van der Waals surface area contributed by atoms with Crippen molar-refractivity contribution in [1.29, 1.82) is 0 Å². The molecular weight excluding hydrogens is 410 g/mol. The summed E-state index contributed by atoms with van der Waals surface area (Å²) >= 11 is 0. The number of hydrogen-bond acceptors (Lipinski definition) is 3. The summed E-state index contributed by atoms with van der Waals surface area (Å²) in [7, 11) is 1.35. The SMILES string of the molecule is COC(=O)[C@H](Cc1ccc(C(C)(C)C)cc1)NC(=O)C(C)(c1ccccc1)c1ccccc1. The minimum Gasteiger partial charge on any atom is -0.467 e. The highest BCUT2D eigenvalue weighted by atomic mass is 16.5. The Hall–Kier alpha value is -3.40. The summed E-state index contributed by atoms with van der Waals surface area (Å²) in [6.07, 6.45) is 0.350. The van der Waals surface area contributed by atoms with Crippen LogP contribution in [0.25, 0.3) is 0 Å². The molecule has 33 heavy (non-hydrogen) atoms.